The molecule has 4 nitrogen and oxygen atoms in total. The Bertz CT molecular complexity index is 401. The van der Waals surface area contributed by atoms with E-state index in [0.29, 0.717) is 0 Å². The first-order valence-corrected chi connectivity index (χ1v) is 8.17. The van der Waals surface area contributed by atoms with Crippen molar-refractivity contribution in [3.8, 4) is 0 Å². The maximum absolute atomic E-state index is 6.39. The summed E-state index contributed by atoms with van der Waals surface area (Å²) in [6.45, 7) is 5.70. The van der Waals surface area contributed by atoms with Gasteiger partial charge in [0.25, 0.3) is 0 Å². The molecule has 0 bridgehead atoms. The Morgan fingerprint density at radius 2 is 2.10 bits per heavy atom. The Morgan fingerprint density at radius 1 is 1.38 bits per heavy atom. The van der Waals surface area contributed by atoms with Crippen molar-refractivity contribution in [3.63, 3.8) is 0 Å². The lowest BCUT2D eigenvalue weighted by Gasteiger charge is -2.37. The predicted octanol–water partition coefficient (Wildman–Crippen LogP) is 2.13. The minimum Gasteiger partial charge on any atom is -0.326 e. The number of nitrogens with two attached hydrogens (primary N) is 1. The number of hydrogen-bond acceptors (Lipinski definition) is 4. The fourth-order valence-corrected chi connectivity index (χ4v) is 3.31. The molecule has 0 aliphatic carbocycles. The maximum Gasteiger partial charge on any atom is 0.0671 e. The molecule has 1 aliphatic rings. The summed E-state index contributed by atoms with van der Waals surface area (Å²) < 4.78 is 0. The fraction of sp³-hybridized carbons (Fsp3) is 0.706. The highest BCUT2D eigenvalue weighted by Crippen LogP contribution is 2.25. The van der Waals surface area contributed by atoms with Crippen molar-refractivity contribution in [1.82, 2.24) is 14.8 Å². The standard InChI is InChI=1S/C17H30N4/c1-4-15(18)17(16-7-5-6-10-19-16)21(3)13-14-8-11-20(2)12-9-14/h5-7,10,14-15,17H,4,8-9,11-13,18H2,1-3H3. The molecule has 0 amide bonds. The number of likely N-dealkylation sites (N-methyl/N-ethyl adjacent to an activating group) is 1. The fourth-order valence-electron chi connectivity index (χ4n) is 3.31. The Morgan fingerprint density at radius 3 is 2.67 bits per heavy atom. The van der Waals surface area contributed by atoms with E-state index in [-0.39, 0.29) is 12.1 Å². The van der Waals surface area contributed by atoms with Gasteiger partial charge in [-0.2, -0.15) is 0 Å². The molecule has 2 N–H and O–H groups in total. The molecule has 2 rings (SSSR count). The van der Waals surface area contributed by atoms with Crippen LogP contribution in [0.25, 0.3) is 0 Å². The van der Waals surface area contributed by atoms with Crippen LogP contribution in [0.3, 0.4) is 0 Å². The van der Waals surface area contributed by atoms with Gasteiger partial charge in [0.15, 0.2) is 0 Å². The lowest BCUT2D eigenvalue weighted by molar-refractivity contribution is 0.135. The number of piperidine rings is 1. The van der Waals surface area contributed by atoms with E-state index in [0.717, 1.165) is 24.6 Å². The second-order valence-corrected chi connectivity index (χ2v) is 6.46. The summed E-state index contributed by atoms with van der Waals surface area (Å²) in [6, 6.07) is 6.48. The normalized spacial score (nSPS) is 20.6. The summed E-state index contributed by atoms with van der Waals surface area (Å²) in [6.07, 6.45) is 5.42. The Kier molecular flexibility index (Phi) is 6.15. The SMILES string of the molecule is CCC(N)C(c1ccccn1)N(C)CC1CCN(C)CC1. The van der Waals surface area contributed by atoms with Gasteiger partial charge >= 0.3 is 0 Å². The van der Waals surface area contributed by atoms with Gasteiger partial charge in [-0.25, -0.2) is 0 Å². The third kappa shape index (κ3) is 4.50. The first-order valence-electron chi connectivity index (χ1n) is 8.17. The highest BCUT2D eigenvalue weighted by Gasteiger charge is 2.27. The summed E-state index contributed by atoms with van der Waals surface area (Å²) in [5.74, 6) is 0.779. The van der Waals surface area contributed by atoms with Crippen LogP contribution in [-0.2, 0) is 0 Å². The van der Waals surface area contributed by atoms with Gasteiger partial charge in [-0.15, -0.1) is 0 Å². The van der Waals surface area contributed by atoms with E-state index in [2.05, 4.69) is 47.9 Å². The van der Waals surface area contributed by atoms with E-state index in [1.54, 1.807) is 0 Å². The van der Waals surface area contributed by atoms with Gasteiger partial charge in [0.05, 0.1) is 11.7 Å². The molecule has 1 aliphatic heterocycles. The third-order valence-corrected chi connectivity index (χ3v) is 4.73. The molecule has 21 heavy (non-hydrogen) atoms. The minimum atomic E-state index is 0.135. The van der Waals surface area contributed by atoms with Gasteiger partial charge in [0, 0.05) is 18.8 Å². The molecule has 0 radical (unpaired) electrons. The van der Waals surface area contributed by atoms with Gasteiger partial charge < -0.3 is 10.6 Å². The smallest absolute Gasteiger partial charge is 0.0671 e. The van der Waals surface area contributed by atoms with Crippen molar-refractivity contribution in [3.05, 3.63) is 30.1 Å². The van der Waals surface area contributed by atoms with Crippen LogP contribution in [0.15, 0.2) is 24.4 Å². The van der Waals surface area contributed by atoms with Gasteiger partial charge in [0.1, 0.15) is 0 Å². The molecule has 0 saturated carbocycles. The van der Waals surface area contributed by atoms with E-state index in [1.165, 1.54) is 25.9 Å². The van der Waals surface area contributed by atoms with Gasteiger partial charge in [-0.05, 0) is 64.5 Å². The van der Waals surface area contributed by atoms with E-state index >= 15 is 0 Å². The number of likely N-dealkylation sites (tertiary alicyclic amines) is 1. The van der Waals surface area contributed by atoms with Crippen LogP contribution in [0.5, 0.6) is 0 Å². The second-order valence-electron chi connectivity index (χ2n) is 6.46. The highest BCUT2D eigenvalue weighted by molar-refractivity contribution is 5.11. The molecular weight excluding hydrogens is 260 g/mol. The van der Waals surface area contributed by atoms with Crippen molar-refractivity contribution in [1.29, 1.82) is 0 Å². The van der Waals surface area contributed by atoms with Crippen molar-refractivity contribution in [2.75, 3.05) is 33.7 Å². The third-order valence-electron chi connectivity index (χ3n) is 4.73. The largest absolute Gasteiger partial charge is 0.326 e. The Labute approximate surface area is 129 Å². The average molecular weight is 290 g/mol. The molecule has 0 spiro atoms. The first-order chi connectivity index (χ1) is 10.1. The van der Waals surface area contributed by atoms with E-state index in [9.17, 15) is 0 Å². The molecule has 1 aromatic rings. The summed E-state index contributed by atoms with van der Waals surface area (Å²) in [5.41, 5.74) is 7.49. The molecule has 4 heteroatoms. The molecule has 2 unspecified atom stereocenters. The molecule has 118 valence electrons. The molecule has 1 fully saturated rings. The van der Waals surface area contributed by atoms with Crippen LogP contribution < -0.4 is 5.73 Å². The summed E-state index contributed by atoms with van der Waals surface area (Å²) in [7, 11) is 4.41. The van der Waals surface area contributed by atoms with Crippen LogP contribution in [0.1, 0.15) is 37.9 Å². The van der Waals surface area contributed by atoms with Gasteiger partial charge in [0.2, 0.25) is 0 Å². The predicted molar refractivity (Wildman–Crippen MR) is 88.1 cm³/mol. The summed E-state index contributed by atoms with van der Waals surface area (Å²) >= 11 is 0. The van der Waals surface area contributed by atoms with Gasteiger partial charge in [-0.3, -0.25) is 9.88 Å². The summed E-state index contributed by atoms with van der Waals surface area (Å²) in [5, 5.41) is 0. The van der Waals surface area contributed by atoms with Crippen LogP contribution in [0.2, 0.25) is 0 Å². The molecule has 0 aromatic carbocycles. The van der Waals surface area contributed by atoms with E-state index in [4.69, 9.17) is 5.73 Å². The first kappa shape index (κ1) is 16.4. The zero-order valence-corrected chi connectivity index (χ0v) is 13.7. The molecular formula is C17H30N4. The minimum absolute atomic E-state index is 0.135. The number of rotatable bonds is 6. The zero-order chi connectivity index (χ0) is 15.2. The molecule has 2 heterocycles. The maximum atomic E-state index is 6.39. The number of nitrogens with zero attached hydrogens (tertiary/aromatic N) is 3. The van der Waals surface area contributed by atoms with Crippen molar-refractivity contribution in [2.45, 2.75) is 38.3 Å². The van der Waals surface area contributed by atoms with Crippen molar-refractivity contribution in [2.24, 2.45) is 11.7 Å². The lowest BCUT2D eigenvalue weighted by atomic mass is 9.94. The topological polar surface area (TPSA) is 45.4 Å². The van der Waals surface area contributed by atoms with E-state index < -0.39 is 0 Å². The van der Waals surface area contributed by atoms with Crippen LogP contribution >= 0.6 is 0 Å². The monoisotopic (exact) mass is 290 g/mol. The van der Waals surface area contributed by atoms with Gasteiger partial charge in [-0.1, -0.05) is 13.0 Å². The number of aromatic nitrogens is 1. The molecule has 1 saturated heterocycles. The van der Waals surface area contributed by atoms with Crippen LogP contribution in [0, 0.1) is 5.92 Å². The van der Waals surface area contributed by atoms with E-state index in [1.807, 2.05) is 12.3 Å². The lowest BCUT2D eigenvalue weighted by Crippen LogP contribution is -2.43. The van der Waals surface area contributed by atoms with Crippen molar-refractivity contribution < 1.29 is 0 Å². The molecule has 1 aromatic heterocycles. The summed E-state index contributed by atoms with van der Waals surface area (Å²) in [4.78, 5) is 9.39. The quantitative estimate of drug-likeness (QED) is 0.872. The number of pyridine rings is 1. The Hall–Kier alpha value is -0.970. The second kappa shape index (κ2) is 7.87. The Balaban J connectivity index is 2.03. The van der Waals surface area contributed by atoms with Crippen LogP contribution in [-0.4, -0.2) is 54.6 Å². The molecule has 2 atom stereocenters. The van der Waals surface area contributed by atoms with Crippen molar-refractivity contribution >= 4 is 0 Å². The highest BCUT2D eigenvalue weighted by atomic mass is 15.2. The van der Waals surface area contributed by atoms with Crippen LogP contribution in [0.4, 0.5) is 0 Å². The average Bonchev–Trinajstić information content (AvgIpc) is 2.50. The number of hydrogen-bond donors (Lipinski definition) is 1. The zero-order valence-electron chi connectivity index (χ0n) is 13.7.